The largest absolute Gasteiger partial charge is 0.372 e. The predicted octanol–water partition coefficient (Wildman–Crippen LogP) is 1.92. The average Bonchev–Trinajstić information content (AvgIpc) is 3.24. The molecule has 1 N–H and O–H groups in total. The smallest absolute Gasteiger partial charge is 0.274 e. The van der Waals surface area contributed by atoms with Crippen molar-refractivity contribution in [2.24, 2.45) is 0 Å². The first-order chi connectivity index (χ1) is 8.76. The zero-order chi connectivity index (χ0) is 13.0. The molecule has 0 radical (unpaired) electrons. The molecule has 1 fully saturated rings. The van der Waals surface area contributed by atoms with Crippen LogP contribution in [0, 0.1) is 0 Å². The number of rotatable bonds is 6. The lowest BCUT2D eigenvalue weighted by Gasteiger charge is -2.21. The van der Waals surface area contributed by atoms with Crippen LogP contribution in [0.3, 0.4) is 0 Å². The van der Waals surface area contributed by atoms with Crippen LogP contribution in [0.15, 0.2) is 12.1 Å². The summed E-state index contributed by atoms with van der Waals surface area (Å²) in [6.07, 6.45) is 4.39. The second kappa shape index (κ2) is 5.80. The summed E-state index contributed by atoms with van der Waals surface area (Å²) < 4.78 is 0. The van der Waals surface area contributed by atoms with E-state index >= 15 is 0 Å². The minimum absolute atomic E-state index is 0.0149. The Kier molecular flexibility index (Phi) is 4.12. The Morgan fingerprint density at radius 2 is 2.22 bits per heavy atom. The number of carbonyl (C=O) groups is 1. The van der Waals surface area contributed by atoms with Crippen LogP contribution in [0.25, 0.3) is 0 Å². The highest BCUT2D eigenvalue weighted by atomic mass is 16.2. The van der Waals surface area contributed by atoms with Gasteiger partial charge >= 0.3 is 0 Å². The molecule has 1 saturated carbocycles. The van der Waals surface area contributed by atoms with E-state index in [0.29, 0.717) is 17.6 Å². The average molecular weight is 248 g/mol. The van der Waals surface area contributed by atoms with Gasteiger partial charge in [-0.05, 0) is 31.4 Å². The topological polar surface area (TPSA) is 58.1 Å². The predicted molar refractivity (Wildman–Crippen MR) is 70.5 cm³/mol. The van der Waals surface area contributed by atoms with Crippen LogP contribution in [0.2, 0.25) is 0 Å². The molecule has 18 heavy (non-hydrogen) atoms. The maximum absolute atomic E-state index is 12.3. The van der Waals surface area contributed by atoms with E-state index in [1.807, 2.05) is 4.90 Å². The Hall–Kier alpha value is -1.65. The summed E-state index contributed by atoms with van der Waals surface area (Å²) >= 11 is 0. The first-order valence-corrected chi connectivity index (χ1v) is 6.58. The molecule has 2 rings (SSSR count). The van der Waals surface area contributed by atoms with Crippen molar-refractivity contribution in [3.05, 3.63) is 17.8 Å². The van der Waals surface area contributed by atoms with Gasteiger partial charge in [-0.15, -0.1) is 10.2 Å². The number of carbonyl (C=O) groups excluding carboxylic acids is 1. The fraction of sp³-hybridized carbons (Fsp3) is 0.615. The maximum atomic E-state index is 12.3. The summed E-state index contributed by atoms with van der Waals surface area (Å²) in [5.74, 6) is 0.694. The Labute approximate surface area is 108 Å². The molecule has 1 aromatic heterocycles. The van der Waals surface area contributed by atoms with Crippen LogP contribution in [0.5, 0.6) is 0 Å². The van der Waals surface area contributed by atoms with E-state index in [1.54, 1.807) is 19.2 Å². The Balaban J connectivity index is 2.06. The third kappa shape index (κ3) is 2.97. The quantitative estimate of drug-likeness (QED) is 0.835. The molecule has 1 aliphatic rings. The summed E-state index contributed by atoms with van der Waals surface area (Å²) in [6.45, 7) is 2.96. The second-order valence-corrected chi connectivity index (χ2v) is 4.64. The van der Waals surface area contributed by atoms with Crippen LogP contribution >= 0.6 is 0 Å². The summed E-state index contributed by atoms with van der Waals surface area (Å²) in [5.41, 5.74) is 0.442. The zero-order valence-electron chi connectivity index (χ0n) is 11.0. The van der Waals surface area contributed by atoms with E-state index in [2.05, 4.69) is 22.4 Å². The van der Waals surface area contributed by atoms with Gasteiger partial charge in [0.15, 0.2) is 5.69 Å². The van der Waals surface area contributed by atoms with Crippen LogP contribution in [-0.2, 0) is 0 Å². The van der Waals surface area contributed by atoms with E-state index in [9.17, 15) is 4.79 Å². The second-order valence-electron chi connectivity index (χ2n) is 4.64. The number of amides is 1. The number of nitrogens with one attached hydrogen (secondary N) is 1. The number of aromatic nitrogens is 2. The molecule has 1 amide bonds. The zero-order valence-corrected chi connectivity index (χ0v) is 11.0. The van der Waals surface area contributed by atoms with Crippen molar-refractivity contribution in [1.29, 1.82) is 0 Å². The highest BCUT2D eigenvalue weighted by molar-refractivity contribution is 5.92. The Morgan fingerprint density at radius 3 is 2.72 bits per heavy atom. The molecule has 0 atom stereocenters. The highest BCUT2D eigenvalue weighted by Gasteiger charge is 2.33. The number of anilines is 1. The van der Waals surface area contributed by atoms with Crippen molar-refractivity contribution >= 4 is 11.7 Å². The van der Waals surface area contributed by atoms with Gasteiger partial charge in [-0.3, -0.25) is 4.79 Å². The summed E-state index contributed by atoms with van der Waals surface area (Å²) in [4.78, 5) is 14.3. The van der Waals surface area contributed by atoms with Gasteiger partial charge in [0, 0.05) is 19.6 Å². The van der Waals surface area contributed by atoms with Gasteiger partial charge in [0.2, 0.25) is 0 Å². The standard InChI is InChI=1S/C13H20N4O/c1-3-4-9-17(10-5-6-10)13(18)11-7-8-12(14-2)16-15-11/h7-8,10H,3-6,9H2,1-2H3,(H,14,16). The molecule has 1 aliphatic carbocycles. The van der Waals surface area contributed by atoms with Crippen molar-refractivity contribution in [2.75, 3.05) is 18.9 Å². The van der Waals surface area contributed by atoms with Gasteiger partial charge in [0.1, 0.15) is 5.82 Å². The van der Waals surface area contributed by atoms with Crippen molar-refractivity contribution in [2.45, 2.75) is 38.6 Å². The first kappa shape index (κ1) is 12.8. The van der Waals surface area contributed by atoms with Gasteiger partial charge in [-0.2, -0.15) is 0 Å². The molecular weight excluding hydrogens is 228 g/mol. The number of unbranched alkanes of at least 4 members (excludes halogenated alkanes) is 1. The molecule has 5 heteroatoms. The van der Waals surface area contributed by atoms with Crippen LogP contribution in [-0.4, -0.2) is 40.6 Å². The van der Waals surface area contributed by atoms with Crippen LogP contribution in [0.1, 0.15) is 43.1 Å². The van der Waals surface area contributed by atoms with E-state index in [0.717, 1.165) is 32.2 Å². The van der Waals surface area contributed by atoms with E-state index in [1.165, 1.54) is 0 Å². The molecule has 98 valence electrons. The van der Waals surface area contributed by atoms with Crippen molar-refractivity contribution in [3.8, 4) is 0 Å². The fourth-order valence-corrected chi connectivity index (χ4v) is 1.89. The van der Waals surface area contributed by atoms with Crippen molar-refractivity contribution in [1.82, 2.24) is 15.1 Å². The number of hydrogen-bond acceptors (Lipinski definition) is 4. The van der Waals surface area contributed by atoms with Crippen LogP contribution < -0.4 is 5.32 Å². The number of nitrogens with zero attached hydrogens (tertiary/aromatic N) is 3. The molecule has 0 spiro atoms. The van der Waals surface area contributed by atoms with E-state index < -0.39 is 0 Å². The summed E-state index contributed by atoms with van der Waals surface area (Å²) in [7, 11) is 1.78. The molecule has 5 nitrogen and oxygen atoms in total. The highest BCUT2D eigenvalue weighted by Crippen LogP contribution is 2.28. The van der Waals surface area contributed by atoms with Gasteiger partial charge in [-0.1, -0.05) is 13.3 Å². The SMILES string of the molecule is CCCCN(C(=O)c1ccc(NC)nn1)C1CC1. The van der Waals surface area contributed by atoms with Gasteiger partial charge < -0.3 is 10.2 Å². The fourth-order valence-electron chi connectivity index (χ4n) is 1.89. The molecule has 0 saturated heterocycles. The first-order valence-electron chi connectivity index (χ1n) is 6.58. The lowest BCUT2D eigenvalue weighted by Crippen LogP contribution is -2.34. The number of hydrogen-bond donors (Lipinski definition) is 1. The van der Waals surface area contributed by atoms with E-state index in [4.69, 9.17) is 0 Å². The summed E-state index contributed by atoms with van der Waals surface area (Å²) in [6, 6.07) is 3.95. The monoisotopic (exact) mass is 248 g/mol. The van der Waals surface area contributed by atoms with Crippen molar-refractivity contribution in [3.63, 3.8) is 0 Å². The molecule has 0 unspecified atom stereocenters. The lowest BCUT2D eigenvalue weighted by atomic mass is 10.2. The molecule has 0 aromatic carbocycles. The maximum Gasteiger partial charge on any atom is 0.274 e. The summed E-state index contributed by atoms with van der Waals surface area (Å²) in [5, 5.41) is 10.8. The van der Waals surface area contributed by atoms with Gasteiger partial charge in [0.25, 0.3) is 5.91 Å². The van der Waals surface area contributed by atoms with Gasteiger partial charge in [0.05, 0.1) is 0 Å². The minimum atomic E-state index is 0.0149. The normalized spacial score (nSPS) is 14.3. The molecular formula is C13H20N4O. The van der Waals surface area contributed by atoms with Crippen molar-refractivity contribution < 1.29 is 4.79 Å². The Bertz CT molecular complexity index is 400. The van der Waals surface area contributed by atoms with Crippen LogP contribution in [0.4, 0.5) is 5.82 Å². The molecule has 0 bridgehead atoms. The lowest BCUT2D eigenvalue weighted by molar-refractivity contribution is 0.0733. The molecule has 1 aromatic rings. The Morgan fingerprint density at radius 1 is 1.44 bits per heavy atom. The van der Waals surface area contributed by atoms with Gasteiger partial charge in [-0.25, -0.2) is 0 Å². The molecule has 0 aliphatic heterocycles. The van der Waals surface area contributed by atoms with E-state index in [-0.39, 0.29) is 5.91 Å². The third-order valence-electron chi connectivity index (χ3n) is 3.14. The molecule has 1 heterocycles. The third-order valence-corrected chi connectivity index (χ3v) is 3.14. The minimum Gasteiger partial charge on any atom is -0.372 e.